The van der Waals surface area contributed by atoms with Crippen LogP contribution in [-0.2, 0) is 4.79 Å². The van der Waals surface area contributed by atoms with Crippen LogP contribution in [0.15, 0.2) is 0 Å². The third kappa shape index (κ3) is 5.36. The number of nitrogens with zero attached hydrogens (tertiary/aromatic N) is 1. The van der Waals surface area contributed by atoms with E-state index in [-0.39, 0.29) is 11.9 Å². The molecule has 3 unspecified atom stereocenters. The Morgan fingerprint density at radius 2 is 1.89 bits per heavy atom. The second kappa shape index (κ2) is 7.10. The van der Waals surface area contributed by atoms with E-state index in [1.807, 2.05) is 13.8 Å². The van der Waals surface area contributed by atoms with Gasteiger partial charge in [-0.1, -0.05) is 27.7 Å². The highest BCUT2D eigenvalue weighted by atomic mass is 16.1. The van der Waals surface area contributed by atoms with Crippen LogP contribution >= 0.6 is 0 Å². The largest absolute Gasteiger partial charge is 0.368 e. The van der Waals surface area contributed by atoms with E-state index >= 15 is 0 Å². The molecule has 4 heteroatoms. The number of hydrogen-bond acceptors (Lipinski definition) is 3. The summed E-state index contributed by atoms with van der Waals surface area (Å²) in [5, 5.41) is 3.24. The third-order valence-electron chi connectivity index (χ3n) is 3.56. The van der Waals surface area contributed by atoms with Crippen LogP contribution in [0.3, 0.4) is 0 Å². The minimum atomic E-state index is -0.234. The van der Waals surface area contributed by atoms with Crippen molar-refractivity contribution in [2.24, 2.45) is 17.6 Å². The number of primary amides is 1. The summed E-state index contributed by atoms with van der Waals surface area (Å²) in [5.41, 5.74) is 5.44. The van der Waals surface area contributed by atoms with E-state index in [2.05, 4.69) is 24.1 Å². The van der Waals surface area contributed by atoms with E-state index in [1.165, 1.54) is 6.42 Å². The molecule has 1 aliphatic rings. The van der Waals surface area contributed by atoms with E-state index in [0.717, 1.165) is 37.9 Å². The number of amides is 1. The van der Waals surface area contributed by atoms with Crippen molar-refractivity contribution in [3.63, 3.8) is 0 Å². The predicted octanol–water partition coefficient (Wildman–Crippen LogP) is 1.21. The van der Waals surface area contributed by atoms with Gasteiger partial charge in [0.2, 0.25) is 5.91 Å². The van der Waals surface area contributed by atoms with Crippen LogP contribution in [0, 0.1) is 11.8 Å². The third-order valence-corrected chi connectivity index (χ3v) is 3.56. The summed E-state index contributed by atoms with van der Waals surface area (Å²) < 4.78 is 0. The molecule has 0 aromatic carbocycles. The molecule has 1 amide bonds. The zero-order chi connectivity index (χ0) is 13.7. The van der Waals surface area contributed by atoms with Gasteiger partial charge in [0.15, 0.2) is 0 Å². The van der Waals surface area contributed by atoms with Gasteiger partial charge in [0.1, 0.15) is 0 Å². The fourth-order valence-corrected chi connectivity index (χ4v) is 3.00. The van der Waals surface area contributed by atoms with Gasteiger partial charge in [0.25, 0.3) is 0 Å². The molecule has 1 aliphatic heterocycles. The first-order chi connectivity index (χ1) is 8.38. The van der Waals surface area contributed by atoms with Gasteiger partial charge in [-0.25, -0.2) is 0 Å². The second-order valence-corrected chi connectivity index (χ2v) is 6.27. The molecule has 1 fully saturated rings. The van der Waals surface area contributed by atoms with E-state index in [4.69, 9.17) is 5.73 Å². The maximum absolute atomic E-state index is 11.4. The lowest BCUT2D eigenvalue weighted by Gasteiger charge is -2.35. The highest BCUT2D eigenvalue weighted by Crippen LogP contribution is 2.21. The minimum Gasteiger partial charge on any atom is -0.368 e. The first-order valence-electron chi connectivity index (χ1n) is 7.16. The van der Waals surface area contributed by atoms with E-state index < -0.39 is 0 Å². The SMILES string of the molecule is CC1CC(C)CN(CCC(NC(C)C)C(N)=O)C1. The Morgan fingerprint density at radius 3 is 2.33 bits per heavy atom. The summed E-state index contributed by atoms with van der Waals surface area (Å²) in [7, 11) is 0. The normalized spacial score (nSPS) is 27.4. The van der Waals surface area contributed by atoms with Gasteiger partial charge in [-0.2, -0.15) is 0 Å². The monoisotopic (exact) mass is 255 g/mol. The molecule has 3 atom stereocenters. The number of likely N-dealkylation sites (tertiary alicyclic amines) is 1. The zero-order valence-electron chi connectivity index (χ0n) is 12.3. The fraction of sp³-hybridized carbons (Fsp3) is 0.929. The minimum absolute atomic E-state index is 0.197. The molecule has 0 spiro atoms. The lowest BCUT2D eigenvalue weighted by atomic mass is 9.91. The van der Waals surface area contributed by atoms with Crippen molar-refractivity contribution < 1.29 is 4.79 Å². The molecular weight excluding hydrogens is 226 g/mol. The zero-order valence-corrected chi connectivity index (χ0v) is 12.3. The van der Waals surface area contributed by atoms with E-state index in [0.29, 0.717) is 6.04 Å². The number of nitrogens with one attached hydrogen (secondary N) is 1. The average molecular weight is 255 g/mol. The Bertz CT molecular complexity index is 258. The van der Waals surface area contributed by atoms with Crippen molar-refractivity contribution in [2.45, 2.75) is 52.6 Å². The summed E-state index contributed by atoms with van der Waals surface area (Å²) in [4.78, 5) is 13.8. The number of piperidine rings is 1. The molecule has 1 rings (SSSR count). The number of carbonyl (C=O) groups excluding carboxylic acids is 1. The summed E-state index contributed by atoms with van der Waals surface area (Å²) in [6.07, 6.45) is 2.13. The lowest BCUT2D eigenvalue weighted by molar-refractivity contribution is -0.120. The van der Waals surface area contributed by atoms with Crippen molar-refractivity contribution in [1.29, 1.82) is 0 Å². The van der Waals surface area contributed by atoms with E-state index in [9.17, 15) is 4.79 Å². The Labute approximate surface area is 111 Å². The first kappa shape index (κ1) is 15.4. The second-order valence-electron chi connectivity index (χ2n) is 6.27. The maximum atomic E-state index is 11.4. The standard InChI is InChI=1S/C14H29N3O/c1-10(2)16-13(14(15)18)5-6-17-8-11(3)7-12(4)9-17/h10-13,16H,5-9H2,1-4H3,(H2,15,18). The van der Waals surface area contributed by atoms with Gasteiger partial charge in [-0.05, 0) is 24.7 Å². The summed E-state index contributed by atoms with van der Waals surface area (Å²) in [6, 6.07) is 0.0965. The van der Waals surface area contributed by atoms with Crippen LogP contribution in [0.2, 0.25) is 0 Å². The molecule has 0 bridgehead atoms. The van der Waals surface area contributed by atoms with Gasteiger partial charge in [0, 0.05) is 25.7 Å². The molecule has 3 N–H and O–H groups in total. The van der Waals surface area contributed by atoms with Gasteiger partial charge in [-0.3, -0.25) is 4.79 Å². The van der Waals surface area contributed by atoms with Crippen LogP contribution in [0.4, 0.5) is 0 Å². The molecule has 4 nitrogen and oxygen atoms in total. The molecule has 106 valence electrons. The highest BCUT2D eigenvalue weighted by molar-refractivity contribution is 5.79. The molecule has 0 saturated carbocycles. The van der Waals surface area contributed by atoms with E-state index in [1.54, 1.807) is 0 Å². The fourth-order valence-electron chi connectivity index (χ4n) is 3.00. The van der Waals surface area contributed by atoms with Crippen LogP contribution in [0.25, 0.3) is 0 Å². The Balaban J connectivity index is 2.39. The molecule has 18 heavy (non-hydrogen) atoms. The van der Waals surface area contributed by atoms with Gasteiger partial charge >= 0.3 is 0 Å². The van der Waals surface area contributed by atoms with Crippen LogP contribution in [0.1, 0.15) is 40.5 Å². The quantitative estimate of drug-likeness (QED) is 0.750. The topological polar surface area (TPSA) is 58.4 Å². The van der Waals surface area contributed by atoms with Crippen LogP contribution in [-0.4, -0.2) is 42.5 Å². The first-order valence-corrected chi connectivity index (χ1v) is 7.16. The van der Waals surface area contributed by atoms with Gasteiger partial charge in [0.05, 0.1) is 6.04 Å². The average Bonchev–Trinajstić information content (AvgIpc) is 2.21. The van der Waals surface area contributed by atoms with Crippen molar-refractivity contribution in [3.8, 4) is 0 Å². The van der Waals surface area contributed by atoms with Crippen molar-refractivity contribution >= 4 is 5.91 Å². The number of carbonyl (C=O) groups is 1. The predicted molar refractivity (Wildman–Crippen MR) is 75.3 cm³/mol. The molecule has 0 aliphatic carbocycles. The Kier molecular flexibility index (Phi) is 6.09. The van der Waals surface area contributed by atoms with Gasteiger partial charge < -0.3 is 16.0 Å². The van der Waals surface area contributed by atoms with Crippen molar-refractivity contribution in [2.75, 3.05) is 19.6 Å². The van der Waals surface area contributed by atoms with Crippen LogP contribution < -0.4 is 11.1 Å². The maximum Gasteiger partial charge on any atom is 0.234 e. The Morgan fingerprint density at radius 1 is 1.33 bits per heavy atom. The van der Waals surface area contributed by atoms with Crippen molar-refractivity contribution in [3.05, 3.63) is 0 Å². The number of nitrogens with two attached hydrogens (primary N) is 1. The summed E-state index contributed by atoms with van der Waals surface area (Å²) in [6.45, 7) is 12.0. The lowest BCUT2D eigenvalue weighted by Crippen LogP contribution is -2.47. The molecule has 0 radical (unpaired) electrons. The smallest absolute Gasteiger partial charge is 0.234 e. The van der Waals surface area contributed by atoms with Crippen molar-refractivity contribution in [1.82, 2.24) is 10.2 Å². The molecule has 0 aromatic heterocycles. The summed E-state index contributed by atoms with van der Waals surface area (Å²) in [5.74, 6) is 1.29. The summed E-state index contributed by atoms with van der Waals surface area (Å²) >= 11 is 0. The molecule has 0 aromatic rings. The van der Waals surface area contributed by atoms with Crippen LogP contribution in [0.5, 0.6) is 0 Å². The molecular formula is C14H29N3O. The molecule has 1 heterocycles. The highest BCUT2D eigenvalue weighted by Gasteiger charge is 2.23. The Hall–Kier alpha value is -0.610. The number of rotatable bonds is 6. The molecule has 1 saturated heterocycles. The number of hydrogen-bond donors (Lipinski definition) is 2. The van der Waals surface area contributed by atoms with Gasteiger partial charge in [-0.15, -0.1) is 0 Å².